The van der Waals surface area contributed by atoms with Crippen molar-refractivity contribution < 1.29 is 0 Å². The van der Waals surface area contributed by atoms with Crippen LogP contribution in [0.3, 0.4) is 0 Å². The van der Waals surface area contributed by atoms with Crippen LogP contribution in [0.4, 0.5) is 0 Å². The molecule has 108 valence electrons. The van der Waals surface area contributed by atoms with E-state index in [0.717, 1.165) is 19.1 Å². The van der Waals surface area contributed by atoms with Crippen LogP contribution in [-0.2, 0) is 6.54 Å². The van der Waals surface area contributed by atoms with Crippen LogP contribution in [0.15, 0.2) is 28.7 Å². The van der Waals surface area contributed by atoms with Gasteiger partial charge in [0.05, 0.1) is 0 Å². The predicted molar refractivity (Wildman–Crippen MR) is 89.3 cm³/mol. The zero-order chi connectivity index (χ0) is 13.9. The number of hydrogen-bond donors (Lipinski definition) is 1. The average Bonchev–Trinajstić information content (AvgIpc) is 3.06. The van der Waals surface area contributed by atoms with Gasteiger partial charge < -0.3 is 9.88 Å². The summed E-state index contributed by atoms with van der Waals surface area (Å²) in [6, 6.07) is 9.43. The highest BCUT2D eigenvalue weighted by Gasteiger charge is 2.14. The molecule has 2 aromatic rings. The van der Waals surface area contributed by atoms with Gasteiger partial charge in [-0.25, -0.2) is 0 Å². The number of rotatable bonds is 5. The second-order valence-corrected chi connectivity index (χ2v) is 6.65. The highest BCUT2D eigenvalue weighted by molar-refractivity contribution is 9.10. The maximum absolute atomic E-state index is 3.73. The summed E-state index contributed by atoms with van der Waals surface area (Å²) in [7, 11) is 0. The van der Waals surface area contributed by atoms with E-state index in [4.69, 9.17) is 0 Å². The minimum absolute atomic E-state index is 0.782. The molecular weight excluding hydrogens is 312 g/mol. The molecule has 0 unspecified atom stereocenters. The van der Waals surface area contributed by atoms with Crippen LogP contribution >= 0.6 is 15.9 Å². The third-order valence-corrected chi connectivity index (χ3v) is 5.50. The van der Waals surface area contributed by atoms with E-state index in [1.54, 1.807) is 0 Å². The van der Waals surface area contributed by atoms with E-state index in [1.165, 1.54) is 53.2 Å². The molecule has 0 bridgehead atoms. The Balaban J connectivity index is 1.63. The molecule has 3 heteroatoms. The minimum Gasteiger partial charge on any atom is -0.344 e. The van der Waals surface area contributed by atoms with Crippen LogP contribution in [0.1, 0.15) is 37.8 Å². The number of halogens is 1. The summed E-state index contributed by atoms with van der Waals surface area (Å²) >= 11 is 3.73. The van der Waals surface area contributed by atoms with E-state index in [0.29, 0.717) is 0 Å². The molecule has 0 spiro atoms. The lowest BCUT2D eigenvalue weighted by Crippen LogP contribution is -2.27. The third kappa shape index (κ3) is 2.79. The molecule has 0 amide bonds. The van der Waals surface area contributed by atoms with E-state index < -0.39 is 0 Å². The fourth-order valence-electron chi connectivity index (χ4n) is 3.35. The van der Waals surface area contributed by atoms with Crippen molar-refractivity contribution in [3.8, 4) is 0 Å². The van der Waals surface area contributed by atoms with Crippen LogP contribution in [0, 0.1) is 6.92 Å². The van der Waals surface area contributed by atoms with Gasteiger partial charge in [0, 0.05) is 33.7 Å². The van der Waals surface area contributed by atoms with E-state index in [2.05, 4.69) is 57.0 Å². The highest BCUT2D eigenvalue weighted by atomic mass is 79.9. The molecule has 1 aliphatic carbocycles. The lowest BCUT2D eigenvalue weighted by atomic mass is 10.2. The first-order valence-electron chi connectivity index (χ1n) is 7.74. The Hall–Kier alpha value is -0.800. The zero-order valence-electron chi connectivity index (χ0n) is 12.2. The van der Waals surface area contributed by atoms with Gasteiger partial charge in [-0.2, -0.15) is 0 Å². The molecule has 0 aliphatic heterocycles. The average molecular weight is 335 g/mol. The van der Waals surface area contributed by atoms with Crippen molar-refractivity contribution in [2.75, 3.05) is 6.54 Å². The van der Waals surface area contributed by atoms with E-state index >= 15 is 0 Å². The molecule has 1 fully saturated rings. The quantitative estimate of drug-likeness (QED) is 0.788. The zero-order valence-corrected chi connectivity index (χ0v) is 13.7. The molecule has 1 aromatic carbocycles. The Morgan fingerprint density at radius 3 is 2.80 bits per heavy atom. The number of nitrogens with zero attached hydrogens (tertiary/aromatic N) is 1. The van der Waals surface area contributed by atoms with Gasteiger partial charge in [-0.3, -0.25) is 0 Å². The number of aromatic nitrogens is 1. The first-order valence-corrected chi connectivity index (χ1v) is 8.53. The molecule has 1 N–H and O–H groups in total. The molecule has 1 aliphatic rings. The molecular formula is C17H23BrN2. The largest absolute Gasteiger partial charge is 0.344 e. The Labute approximate surface area is 129 Å². The van der Waals surface area contributed by atoms with Gasteiger partial charge in [-0.15, -0.1) is 0 Å². The van der Waals surface area contributed by atoms with Crippen molar-refractivity contribution >= 4 is 26.8 Å². The lowest BCUT2D eigenvalue weighted by molar-refractivity contribution is 0.496. The Morgan fingerprint density at radius 2 is 2.00 bits per heavy atom. The number of nitrogens with one attached hydrogen (secondary N) is 1. The van der Waals surface area contributed by atoms with Gasteiger partial charge in [0.1, 0.15) is 0 Å². The van der Waals surface area contributed by atoms with Gasteiger partial charge >= 0.3 is 0 Å². The van der Waals surface area contributed by atoms with Crippen molar-refractivity contribution in [1.29, 1.82) is 0 Å². The monoisotopic (exact) mass is 334 g/mol. The van der Waals surface area contributed by atoms with Gasteiger partial charge in [0.25, 0.3) is 0 Å². The maximum Gasteiger partial charge on any atom is 0.0494 e. The van der Waals surface area contributed by atoms with Crippen LogP contribution in [-0.4, -0.2) is 17.2 Å². The summed E-state index contributed by atoms with van der Waals surface area (Å²) in [6.45, 7) is 4.43. The van der Waals surface area contributed by atoms with Crippen molar-refractivity contribution in [2.24, 2.45) is 0 Å². The molecule has 20 heavy (non-hydrogen) atoms. The standard InChI is InChI=1S/C17H23BrN2/c1-13-17(18)15-9-4-5-10-16(15)20(13)12-6-11-19-14-7-2-3-8-14/h4-5,9-10,14,19H,2-3,6-8,11-12H2,1H3. The van der Waals surface area contributed by atoms with Gasteiger partial charge in [-0.05, 0) is 54.7 Å². The second-order valence-electron chi connectivity index (χ2n) is 5.86. The number of hydrogen-bond acceptors (Lipinski definition) is 1. The third-order valence-electron chi connectivity index (χ3n) is 4.50. The first-order chi connectivity index (χ1) is 9.77. The first kappa shape index (κ1) is 14.2. The van der Waals surface area contributed by atoms with Crippen molar-refractivity contribution in [3.63, 3.8) is 0 Å². The fraction of sp³-hybridized carbons (Fsp3) is 0.529. The Kier molecular flexibility index (Phi) is 4.47. The number of fused-ring (bicyclic) bond motifs is 1. The van der Waals surface area contributed by atoms with Crippen molar-refractivity contribution in [2.45, 2.75) is 51.6 Å². The summed E-state index contributed by atoms with van der Waals surface area (Å²) in [5, 5.41) is 5.03. The molecule has 0 saturated heterocycles. The molecule has 2 nitrogen and oxygen atoms in total. The smallest absolute Gasteiger partial charge is 0.0494 e. The Bertz CT molecular complexity index is 582. The molecule has 0 atom stereocenters. The summed E-state index contributed by atoms with van der Waals surface area (Å²) < 4.78 is 3.69. The summed E-state index contributed by atoms with van der Waals surface area (Å²) in [6.07, 6.45) is 6.76. The van der Waals surface area contributed by atoms with Crippen molar-refractivity contribution in [1.82, 2.24) is 9.88 Å². The van der Waals surface area contributed by atoms with Gasteiger partial charge in [0.15, 0.2) is 0 Å². The predicted octanol–water partition coefficient (Wildman–Crippen LogP) is 4.63. The van der Waals surface area contributed by atoms with Crippen LogP contribution in [0.5, 0.6) is 0 Å². The fourth-order valence-corrected chi connectivity index (χ4v) is 3.90. The lowest BCUT2D eigenvalue weighted by Gasteiger charge is -2.13. The van der Waals surface area contributed by atoms with Crippen molar-refractivity contribution in [3.05, 3.63) is 34.4 Å². The van der Waals surface area contributed by atoms with Crippen LogP contribution in [0.25, 0.3) is 10.9 Å². The van der Waals surface area contributed by atoms with Crippen LogP contribution < -0.4 is 5.32 Å². The minimum atomic E-state index is 0.782. The summed E-state index contributed by atoms with van der Waals surface area (Å²) in [5.74, 6) is 0. The number of para-hydroxylation sites is 1. The highest BCUT2D eigenvalue weighted by Crippen LogP contribution is 2.30. The van der Waals surface area contributed by atoms with E-state index in [1.807, 2.05) is 0 Å². The SMILES string of the molecule is Cc1c(Br)c2ccccc2n1CCCNC1CCCC1. The second kappa shape index (κ2) is 6.31. The molecule has 3 rings (SSSR count). The van der Waals surface area contributed by atoms with Gasteiger partial charge in [0.2, 0.25) is 0 Å². The molecule has 1 heterocycles. The summed E-state index contributed by atoms with van der Waals surface area (Å²) in [4.78, 5) is 0. The number of aryl methyl sites for hydroxylation is 1. The molecule has 1 saturated carbocycles. The topological polar surface area (TPSA) is 17.0 Å². The molecule has 0 radical (unpaired) electrons. The number of benzene rings is 1. The molecule has 1 aromatic heterocycles. The van der Waals surface area contributed by atoms with E-state index in [9.17, 15) is 0 Å². The van der Waals surface area contributed by atoms with Crippen LogP contribution in [0.2, 0.25) is 0 Å². The normalized spacial score (nSPS) is 16.3. The Morgan fingerprint density at radius 1 is 1.25 bits per heavy atom. The maximum atomic E-state index is 3.73. The van der Waals surface area contributed by atoms with Gasteiger partial charge in [-0.1, -0.05) is 31.0 Å². The summed E-state index contributed by atoms with van der Waals surface area (Å²) in [5.41, 5.74) is 2.69. The van der Waals surface area contributed by atoms with E-state index in [-0.39, 0.29) is 0 Å².